The molecule has 5 N–H and O–H groups in total. The minimum absolute atomic E-state index is 0.0596. The largest absolute Gasteiger partial charge is 0.394 e. The van der Waals surface area contributed by atoms with E-state index < -0.39 is 6.10 Å². The molecule has 0 radical (unpaired) electrons. The Morgan fingerprint density at radius 2 is 2.09 bits per heavy atom. The first-order valence-corrected chi connectivity index (χ1v) is 11.5. The van der Waals surface area contributed by atoms with E-state index in [1.807, 2.05) is 30.3 Å². The fourth-order valence-corrected chi connectivity index (χ4v) is 5.24. The van der Waals surface area contributed by atoms with Gasteiger partial charge in [-0.1, -0.05) is 35.9 Å². The number of nitrogens with one attached hydrogen (secondary N) is 3. The summed E-state index contributed by atoms with van der Waals surface area (Å²) in [6, 6.07) is 10.7. The Hall–Kier alpha value is -2.43. The number of carbonyl (C=O) groups excluding carboxylic acids is 2. The second-order valence-electron chi connectivity index (χ2n) is 8.08. The maximum Gasteiger partial charge on any atom is 0.268 e. The first-order chi connectivity index (χ1) is 15.3. The van der Waals surface area contributed by atoms with Gasteiger partial charge in [-0.25, -0.2) is 0 Å². The molecule has 0 saturated carbocycles. The molecule has 3 atom stereocenters. The average molecular weight is 477 g/mol. The number of H-pyrrole nitrogens is 1. The summed E-state index contributed by atoms with van der Waals surface area (Å²) >= 11 is 7.39. The molecule has 2 heterocycles. The van der Waals surface area contributed by atoms with Crippen LogP contribution in [-0.4, -0.2) is 70.8 Å². The van der Waals surface area contributed by atoms with E-state index in [1.54, 1.807) is 18.0 Å². The summed E-state index contributed by atoms with van der Waals surface area (Å²) in [6.45, 7) is -0.123. The minimum Gasteiger partial charge on any atom is -0.394 e. The first-order valence-electron chi connectivity index (χ1n) is 10.3. The predicted octanol–water partition coefficient (Wildman–Crippen LogP) is 1.68. The number of aliphatic hydroxyl groups is 2. The molecule has 2 amide bonds. The highest BCUT2D eigenvalue weighted by Gasteiger charge is 2.35. The summed E-state index contributed by atoms with van der Waals surface area (Å²) < 4.78 is 0.656. The topological polar surface area (TPSA) is 118 Å². The zero-order valence-electron chi connectivity index (χ0n) is 17.5. The first kappa shape index (κ1) is 22.8. The maximum atomic E-state index is 12.9. The van der Waals surface area contributed by atoms with Gasteiger partial charge in [0.25, 0.3) is 5.91 Å². The molecule has 3 aromatic rings. The van der Waals surface area contributed by atoms with Crippen molar-refractivity contribution in [1.82, 2.24) is 20.5 Å². The Bertz CT molecular complexity index is 1100. The van der Waals surface area contributed by atoms with Crippen molar-refractivity contribution in [2.45, 2.75) is 24.6 Å². The number of likely N-dealkylation sites (N-methyl/N-ethyl adjacent to an activating group) is 1. The highest BCUT2D eigenvalue weighted by molar-refractivity contribution is 7.22. The molecule has 10 heteroatoms. The van der Waals surface area contributed by atoms with E-state index in [0.717, 1.165) is 21.3 Å². The van der Waals surface area contributed by atoms with Gasteiger partial charge in [-0.15, -0.1) is 11.3 Å². The molecule has 0 spiro atoms. The second kappa shape index (κ2) is 9.60. The van der Waals surface area contributed by atoms with Gasteiger partial charge in [0.05, 0.1) is 35.7 Å². The van der Waals surface area contributed by atoms with E-state index in [4.69, 9.17) is 16.7 Å². The van der Waals surface area contributed by atoms with Gasteiger partial charge in [-0.2, -0.15) is 0 Å². The summed E-state index contributed by atoms with van der Waals surface area (Å²) in [4.78, 5) is 31.2. The van der Waals surface area contributed by atoms with Crippen molar-refractivity contribution in [2.75, 3.05) is 26.7 Å². The smallest absolute Gasteiger partial charge is 0.268 e. The molecule has 8 nitrogen and oxygen atoms in total. The fourth-order valence-electron chi connectivity index (χ4n) is 4.11. The lowest BCUT2D eigenvalue weighted by Gasteiger charge is -2.25. The van der Waals surface area contributed by atoms with Crippen LogP contribution in [0.3, 0.4) is 0 Å². The number of fused-ring (bicyclic) bond motifs is 2. The summed E-state index contributed by atoms with van der Waals surface area (Å²) in [7, 11) is 1.70. The van der Waals surface area contributed by atoms with Crippen LogP contribution in [0.15, 0.2) is 36.4 Å². The van der Waals surface area contributed by atoms with Crippen LogP contribution in [0, 0.1) is 0 Å². The average Bonchev–Trinajstić information content (AvgIpc) is 3.39. The Kier molecular flexibility index (Phi) is 6.82. The predicted molar refractivity (Wildman–Crippen MR) is 124 cm³/mol. The highest BCUT2D eigenvalue weighted by atomic mass is 35.5. The number of halogens is 1. The van der Waals surface area contributed by atoms with Gasteiger partial charge in [-0.3, -0.25) is 14.5 Å². The monoisotopic (exact) mass is 476 g/mol. The molecular weight excluding hydrogens is 452 g/mol. The summed E-state index contributed by atoms with van der Waals surface area (Å²) in [5, 5.41) is 25.5. The number of aliphatic hydroxyl groups excluding tert-OH is 2. The minimum atomic E-state index is -0.905. The Morgan fingerprint density at radius 1 is 1.31 bits per heavy atom. The molecule has 32 heavy (non-hydrogen) atoms. The van der Waals surface area contributed by atoms with Crippen LogP contribution in [-0.2, 0) is 11.2 Å². The Labute approximate surface area is 194 Å². The van der Waals surface area contributed by atoms with E-state index in [2.05, 4.69) is 15.6 Å². The summed E-state index contributed by atoms with van der Waals surface area (Å²) in [5.41, 5.74) is 2.50. The molecule has 0 saturated heterocycles. The van der Waals surface area contributed by atoms with Crippen LogP contribution in [0.4, 0.5) is 0 Å². The van der Waals surface area contributed by atoms with Gasteiger partial charge in [0.1, 0.15) is 10.5 Å². The van der Waals surface area contributed by atoms with Crippen LogP contribution in [0.25, 0.3) is 10.2 Å². The molecule has 0 bridgehead atoms. The van der Waals surface area contributed by atoms with Gasteiger partial charge in [0.15, 0.2) is 0 Å². The molecule has 1 aromatic carbocycles. The molecule has 170 valence electrons. The molecule has 0 fully saturated rings. The van der Waals surface area contributed by atoms with E-state index >= 15 is 0 Å². The number of benzene rings is 1. The standard InChI is InChI=1S/C22H25ClN4O4S/c1-27(9-14(29)11-28)10-19(30)26-20-15-5-3-2-4-12(15)6-16(20)24-21(31)17-7-13-8-18(23)32-22(13)25-17/h2-5,7-8,14,16,20,25,28-29H,6,9-11H2,1H3,(H,24,31)(H,26,30)/t14?,16-,20-/m1/s1. The summed E-state index contributed by atoms with van der Waals surface area (Å²) in [6.07, 6.45) is -0.301. The summed E-state index contributed by atoms with van der Waals surface area (Å²) in [5.74, 6) is -0.474. The molecule has 4 rings (SSSR count). The number of hydrogen-bond donors (Lipinski definition) is 5. The third-order valence-electron chi connectivity index (χ3n) is 5.54. The van der Waals surface area contributed by atoms with E-state index in [-0.39, 0.29) is 43.6 Å². The van der Waals surface area contributed by atoms with Crippen LogP contribution in [0.2, 0.25) is 4.34 Å². The van der Waals surface area contributed by atoms with Crippen molar-refractivity contribution >= 4 is 45.0 Å². The van der Waals surface area contributed by atoms with Crippen molar-refractivity contribution in [3.8, 4) is 0 Å². The number of aromatic amines is 1. The third kappa shape index (κ3) is 4.97. The molecule has 1 aliphatic rings. The van der Waals surface area contributed by atoms with Crippen molar-refractivity contribution in [1.29, 1.82) is 0 Å². The number of hydrogen-bond acceptors (Lipinski definition) is 6. The zero-order chi connectivity index (χ0) is 22.8. The number of nitrogens with zero attached hydrogens (tertiary/aromatic N) is 1. The normalized spacial score (nSPS) is 18.7. The lowest BCUT2D eigenvalue weighted by molar-refractivity contribution is -0.123. The van der Waals surface area contributed by atoms with Crippen LogP contribution in [0.5, 0.6) is 0 Å². The number of aromatic nitrogens is 1. The van der Waals surface area contributed by atoms with Gasteiger partial charge in [-0.05, 0) is 36.7 Å². The number of rotatable bonds is 8. The lowest BCUT2D eigenvalue weighted by atomic mass is 10.1. The van der Waals surface area contributed by atoms with Gasteiger partial charge < -0.3 is 25.8 Å². The molecule has 0 aliphatic heterocycles. The van der Waals surface area contributed by atoms with Gasteiger partial charge in [0.2, 0.25) is 5.91 Å². The third-order valence-corrected chi connectivity index (χ3v) is 6.73. The van der Waals surface area contributed by atoms with E-state index in [9.17, 15) is 14.7 Å². The van der Waals surface area contributed by atoms with Crippen molar-refractivity contribution in [2.24, 2.45) is 0 Å². The number of thiophene rings is 1. The van der Waals surface area contributed by atoms with Gasteiger partial charge in [0, 0.05) is 11.9 Å². The van der Waals surface area contributed by atoms with Crippen molar-refractivity contribution in [3.05, 3.63) is 57.6 Å². The molecule has 1 unspecified atom stereocenters. The van der Waals surface area contributed by atoms with E-state index in [1.165, 1.54) is 11.3 Å². The van der Waals surface area contributed by atoms with Gasteiger partial charge >= 0.3 is 0 Å². The zero-order valence-corrected chi connectivity index (χ0v) is 19.0. The maximum absolute atomic E-state index is 12.9. The SMILES string of the molecule is CN(CC(=O)N[C@@H]1c2ccccc2C[C@H]1NC(=O)c1cc2cc(Cl)sc2[nH]1)CC(O)CO. The van der Waals surface area contributed by atoms with Crippen LogP contribution in [0.1, 0.15) is 27.7 Å². The Balaban J connectivity index is 1.46. The molecule has 1 aliphatic carbocycles. The van der Waals surface area contributed by atoms with Crippen LogP contribution < -0.4 is 10.6 Å². The fraction of sp³-hybridized carbons (Fsp3) is 0.364. The van der Waals surface area contributed by atoms with Crippen molar-refractivity contribution in [3.63, 3.8) is 0 Å². The highest BCUT2D eigenvalue weighted by Crippen LogP contribution is 2.32. The quantitative estimate of drug-likeness (QED) is 0.339. The second-order valence-corrected chi connectivity index (χ2v) is 9.76. The van der Waals surface area contributed by atoms with Crippen molar-refractivity contribution < 1.29 is 19.8 Å². The van der Waals surface area contributed by atoms with Crippen LogP contribution >= 0.6 is 22.9 Å². The Morgan fingerprint density at radius 3 is 2.84 bits per heavy atom. The molecular formula is C22H25ClN4O4S. The lowest BCUT2D eigenvalue weighted by Crippen LogP contribution is -2.47. The number of amides is 2. The van der Waals surface area contributed by atoms with E-state index in [0.29, 0.717) is 16.5 Å². The molecule has 2 aromatic heterocycles. The number of carbonyl (C=O) groups is 2.